The van der Waals surface area contributed by atoms with E-state index in [-0.39, 0.29) is 5.91 Å². The van der Waals surface area contributed by atoms with Gasteiger partial charge in [0.15, 0.2) is 0 Å². The number of hydrogen-bond acceptors (Lipinski definition) is 4. The number of ether oxygens (including phenoxy) is 1. The lowest BCUT2D eigenvalue weighted by Crippen LogP contribution is -2.48. The van der Waals surface area contributed by atoms with Crippen LogP contribution in [0.15, 0.2) is 48.5 Å². The lowest BCUT2D eigenvalue weighted by Gasteiger charge is -2.36. The molecule has 2 aromatic carbocycles. The maximum absolute atomic E-state index is 12.6. The van der Waals surface area contributed by atoms with Gasteiger partial charge in [0, 0.05) is 44.0 Å². The molecule has 1 aliphatic heterocycles. The number of rotatable bonds is 7. The van der Waals surface area contributed by atoms with E-state index < -0.39 is 0 Å². The number of benzene rings is 2. The second kappa shape index (κ2) is 10.5. The third-order valence-electron chi connectivity index (χ3n) is 6.72. The Bertz CT molecular complexity index is 914. The van der Waals surface area contributed by atoms with Crippen LogP contribution in [0.4, 0.5) is 11.4 Å². The van der Waals surface area contributed by atoms with Crippen LogP contribution in [0.5, 0.6) is 5.75 Å². The molecule has 1 heterocycles. The molecule has 1 aliphatic carbocycles. The molecule has 4 rings (SSSR count). The topological polar surface area (TPSA) is 61.9 Å². The van der Waals surface area contributed by atoms with Crippen LogP contribution in [0.2, 0.25) is 0 Å². The van der Waals surface area contributed by atoms with Crippen molar-refractivity contribution in [3.63, 3.8) is 0 Å². The van der Waals surface area contributed by atoms with Gasteiger partial charge in [0.2, 0.25) is 5.91 Å². The molecule has 0 bridgehead atoms. The van der Waals surface area contributed by atoms with Crippen molar-refractivity contribution >= 4 is 23.2 Å². The molecule has 0 aromatic heterocycles. The van der Waals surface area contributed by atoms with Crippen LogP contribution < -0.4 is 15.0 Å². The Hall–Kier alpha value is -3.02. The molecule has 1 saturated carbocycles. The third kappa shape index (κ3) is 5.42. The van der Waals surface area contributed by atoms with E-state index in [9.17, 15) is 9.59 Å². The molecular formula is C26H33N3O3. The first kappa shape index (κ1) is 22.2. The van der Waals surface area contributed by atoms with Gasteiger partial charge in [0.05, 0.1) is 12.7 Å². The second-order valence-electron chi connectivity index (χ2n) is 8.76. The van der Waals surface area contributed by atoms with E-state index in [4.69, 9.17) is 4.74 Å². The smallest absolute Gasteiger partial charge is 0.259 e. The number of nitrogens with one attached hydrogen (secondary N) is 1. The van der Waals surface area contributed by atoms with Crippen molar-refractivity contribution in [2.24, 2.45) is 5.92 Å². The number of para-hydroxylation sites is 1. The zero-order valence-corrected chi connectivity index (χ0v) is 18.9. The van der Waals surface area contributed by atoms with Crippen LogP contribution in [0.3, 0.4) is 0 Å². The maximum Gasteiger partial charge on any atom is 0.259 e. The van der Waals surface area contributed by atoms with E-state index in [0.717, 1.165) is 49.9 Å². The molecule has 6 heteroatoms. The van der Waals surface area contributed by atoms with Crippen molar-refractivity contribution in [1.82, 2.24) is 4.90 Å². The van der Waals surface area contributed by atoms with Crippen LogP contribution in [-0.4, -0.2) is 50.0 Å². The average molecular weight is 436 g/mol. The highest BCUT2D eigenvalue weighted by Gasteiger charge is 2.23. The number of anilines is 2. The first-order valence-corrected chi connectivity index (χ1v) is 11.7. The Morgan fingerprint density at radius 1 is 0.969 bits per heavy atom. The Morgan fingerprint density at radius 2 is 1.66 bits per heavy atom. The van der Waals surface area contributed by atoms with E-state index in [0.29, 0.717) is 23.6 Å². The SMILES string of the molecule is COc1ccccc1C(=O)Nc1ccc(N2CCN(C(=O)CCC3CCCC3)CC2)cc1. The number of amides is 2. The number of hydrogen-bond donors (Lipinski definition) is 1. The highest BCUT2D eigenvalue weighted by molar-refractivity contribution is 6.06. The van der Waals surface area contributed by atoms with Crippen LogP contribution >= 0.6 is 0 Å². The fourth-order valence-electron chi connectivity index (χ4n) is 4.79. The van der Waals surface area contributed by atoms with Gasteiger partial charge in [-0.2, -0.15) is 0 Å². The van der Waals surface area contributed by atoms with Gasteiger partial charge in [0.25, 0.3) is 5.91 Å². The fraction of sp³-hybridized carbons (Fsp3) is 0.462. The average Bonchev–Trinajstić information content (AvgIpc) is 3.37. The molecule has 0 radical (unpaired) electrons. The predicted molar refractivity (Wildman–Crippen MR) is 127 cm³/mol. The largest absolute Gasteiger partial charge is 0.496 e. The molecular weight excluding hydrogens is 402 g/mol. The molecule has 0 atom stereocenters. The van der Waals surface area contributed by atoms with Gasteiger partial charge >= 0.3 is 0 Å². The van der Waals surface area contributed by atoms with Crippen molar-refractivity contribution in [2.75, 3.05) is 43.5 Å². The molecule has 6 nitrogen and oxygen atoms in total. The standard InChI is InChI=1S/C26H33N3O3/c1-32-24-9-5-4-8-23(24)26(31)27-21-11-13-22(14-12-21)28-16-18-29(19-17-28)25(30)15-10-20-6-2-3-7-20/h4-5,8-9,11-14,20H,2-3,6-7,10,15-19H2,1H3,(H,27,31). The van der Waals surface area contributed by atoms with E-state index in [2.05, 4.69) is 10.2 Å². The Kier molecular flexibility index (Phi) is 7.30. The predicted octanol–water partition coefficient (Wildman–Crippen LogP) is 4.57. The van der Waals surface area contributed by atoms with E-state index in [1.807, 2.05) is 41.3 Å². The van der Waals surface area contributed by atoms with Crippen molar-refractivity contribution in [3.05, 3.63) is 54.1 Å². The Morgan fingerprint density at radius 3 is 2.34 bits per heavy atom. The number of piperazine rings is 1. The Balaban J connectivity index is 1.26. The van der Waals surface area contributed by atoms with E-state index in [1.165, 1.54) is 25.7 Å². The number of nitrogens with zero attached hydrogens (tertiary/aromatic N) is 2. The Labute approximate surface area is 190 Å². The van der Waals surface area contributed by atoms with Gasteiger partial charge in [-0.3, -0.25) is 9.59 Å². The zero-order chi connectivity index (χ0) is 22.3. The normalized spacial score (nSPS) is 16.8. The van der Waals surface area contributed by atoms with Gasteiger partial charge in [-0.05, 0) is 48.7 Å². The van der Waals surface area contributed by atoms with Crippen molar-refractivity contribution in [3.8, 4) is 5.75 Å². The summed E-state index contributed by atoms with van der Waals surface area (Å²) in [5.41, 5.74) is 2.36. The quantitative estimate of drug-likeness (QED) is 0.692. The lowest BCUT2D eigenvalue weighted by molar-refractivity contribution is -0.131. The summed E-state index contributed by atoms with van der Waals surface area (Å²) in [6.07, 6.45) is 7.03. The summed E-state index contributed by atoms with van der Waals surface area (Å²) in [5.74, 6) is 1.44. The van der Waals surface area contributed by atoms with Crippen molar-refractivity contribution < 1.29 is 14.3 Å². The lowest BCUT2D eigenvalue weighted by atomic mass is 10.0. The summed E-state index contributed by atoms with van der Waals surface area (Å²) in [6, 6.07) is 15.1. The molecule has 2 fully saturated rings. The minimum atomic E-state index is -0.195. The van der Waals surface area contributed by atoms with Gasteiger partial charge in [-0.1, -0.05) is 37.8 Å². The van der Waals surface area contributed by atoms with Gasteiger partial charge in [-0.25, -0.2) is 0 Å². The monoisotopic (exact) mass is 435 g/mol. The minimum Gasteiger partial charge on any atom is -0.496 e. The van der Waals surface area contributed by atoms with Gasteiger partial charge in [0.1, 0.15) is 5.75 Å². The van der Waals surface area contributed by atoms with E-state index >= 15 is 0 Å². The van der Waals surface area contributed by atoms with Crippen LogP contribution in [0, 0.1) is 5.92 Å². The maximum atomic E-state index is 12.6. The van der Waals surface area contributed by atoms with E-state index in [1.54, 1.807) is 19.2 Å². The van der Waals surface area contributed by atoms with Gasteiger partial charge in [-0.15, -0.1) is 0 Å². The summed E-state index contributed by atoms with van der Waals surface area (Å²) in [4.78, 5) is 29.5. The number of methoxy groups -OCH3 is 1. The molecule has 2 amide bonds. The second-order valence-corrected chi connectivity index (χ2v) is 8.76. The third-order valence-corrected chi connectivity index (χ3v) is 6.72. The summed E-state index contributed by atoms with van der Waals surface area (Å²) >= 11 is 0. The summed E-state index contributed by atoms with van der Waals surface area (Å²) in [6.45, 7) is 3.22. The van der Waals surface area contributed by atoms with Gasteiger partial charge < -0.3 is 19.9 Å². The molecule has 32 heavy (non-hydrogen) atoms. The molecule has 0 unspecified atom stereocenters. The molecule has 2 aliphatic rings. The highest BCUT2D eigenvalue weighted by Crippen LogP contribution is 2.29. The van der Waals surface area contributed by atoms with Crippen LogP contribution in [-0.2, 0) is 4.79 Å². The van der Waals surface area contributed by atoms with Crippen LogP contribution in [0.25, 0.3) is 0 Å². The first-order valence-electron chi connectivity index (χ1n) is 11.7. The molecule has 1 saturated heterocycles. The number of carbonyl (C=O) groups excluding carboxylic acids is 2. The number of carbonyl (C=O) groups is 2. The first-order chi connectivity index (χ1) is 15.6. The minimum absolute atomic E-state index is 0.195. The molecule has 170 valence electrons. The highest BCUT2D eigenvalue weighted by atomic mass is 16.5. The molecule has 0 spiro atoms. The van der Waals surface area contributed by atoms with Crippen LogP contribution in [0.1, 0.15) is 48.9 Å². The van der Waals surface area contributed by atoms with Crippen molar-refractivity contribution in [1.29, 1.82) is 0 Å². The zero-order valence-electron chi connectivity index (χ0n) is 18.9. The molecule has 1 N–H and O–H groups in total. The van der Waals surface area contributed by atoms with Crippen molar-refractivity contribution in [2.45, 2.75) is 38.5 Å². The molecule has 2 aromatic rings. The summed E-state index contributed by atoms with van der Waals surface area (Å²) in [5, 5.41) is 2.93. The fourth-order valence-corrected chi connectivity index (χ4v) is 4.79. The summed E-state index contributed by atoms with van der Waals surface area (Å²) in [7, 11) is 1.56. The summed E-state index contributed by atoms with van der Waals surface area (Å²) < 4.78 is 5.27.